The third-order valence-corrected chi connectivity index (χ3v) is 12.1. The average molecular weight is 758 g/mol. The Morgan fingerprint density at radius 1 is 1.15 bits per heavy atom. The van der Waals surface area contributed by atoms with Crippen molar-refractivity contribution in [2.75, 3.05) is 44.9 Å². The molecule has 4 aliphatic heterocycles. The summed E-state index contributed by atoms with van der Waals surface area (Å²) in [5, 5.41) is 5.33. The number of amides is 1. The molecule has 8 rings (SSSR count). The monoisotopic (exact) mass is 757 g/mol. The minimum atomic E-state index is -0.809. The quantitative estimate of drug-likeness (QED) is 0.271. The van der Waals surface area contributed by atoms with Gasteiger partial charge in [0.15, 0.2) is 0 Å². The molecule has 4 aliphatic rings. The highest BCUT2D eigenvalue weighted by molar-refractivity contribution is 7.10. The number of thiazole rings is 1. The standard InChI is InChI=1S/C40H51N7O6S/c1-22-19-52-23(2)18-46(22)26-14-28(35(42-17-26)24(3)50-6)36-29-16-40(4,5)21-53-39(49)31-8-7-9-47(44-31)38(48)30(41)15-34-43-32(20-54-34)25-12-27(29)37-33(13-25)51-11-10-45(36)37/h12-14,17,20,22-24,30-31,44H,7-11,15-16,18-19,21,41H2,1-6H3/t22-,23+,24+,30+,31+/m1/s1. The molecular formula is C40H51N7O6S. The van der Waals surface area contributed by atoms with E-state index in [1.807, 2.05) is 18.5 Å². The number of methoxy groups -OCH3 is 1. The minimum Gasteiger partial charge on any atom is -0.489 e. The van der Waals surface area contributed by atoms with Crippen LogP contribution < -0.4 is 20.8 Å². The van der Waals surface area contributed by atoms with E-state index < -0.39 is 17.5 Å². The Balaban J connectivity index is 1.33. The van der Waals surface area contributed by atoms with Crippen molar-refractivity contribution in [3.63, 3.8) is 0 Å². The number of nitrogens with zero attached hydrogens (tertiary/aromatic N) is 5. The second kappa shape index (κ2) is 14.5. The number of aromatic nitrogens is 3. The summed E-state index contributed by atoms with van der Waals surface area (Å²) in [6, 6.07) is 5.29. The summed E-state index contributed by atoms with van der Waals surface area (Å²) in [4.78, 5) is 39.5. The van der Waals surface area contributed by atoms with E-state index in [2.05, 4.69) is 60.8 Å². The van der Waals surface area contributed by atoms with Crippen molar-refractivity contribution in [2.45, 2.75) is 97.2 Å². The van der Waals surface area contributed by atoms with Gasteiger partial charge in [0.25, 0.3) is 5.91 Å². The number of nitrogens with one attached hydrogen (secondary N) is 1. The summed E-state index contributed by atoms with van der Waals surface area (Å²) in [5.74, 6) is 0.149. The number of hydrogen-bond donors (Lipinski definition) is 2. The first-order valence-corrected chi connectivity index (χ1v) is 20.0. The van der Waals surface area contributed by atoms with Gasteiger partial charge < -0.3 is 34.1 Å². The van der Waals surface area contributed by atoms with Crippen LogP contribution in [0.25, 0.3) is 33.4 Å². The summed E-state index contributed by atoms with van der Waals surface area (Å²) in [6.45, 7) is 13.8. The van der Waals surface area contributed by atoms with Crippen molar-refractivity contribution in [3.05, 3.63) is 46.0 Å². The van der Waals surface area contributed by atoms with E-state index in [0.29, 0.717) is 45.6 Å². The van der Waals surface area contributed by atoms with Crippen molar-refractivity contribution in [1.82, 2.24) is 25.0 Å². The molecule has 1 amide bonds. The van der Waals surface area contributed by atoms with Crippen molar-refractivity contribution in [1.29, 1.82) is 0 Å². The maximum atomic E-state index is 13.6. The lowest BCUT2D eigenvalue weighted by Gasteiger charge is -2.38. The van der Waals surface area contributed by atoms with Gasteiger partial charge in [0.05, 0.1) is 77.5 Å². The number of cyclic esters (lactones) is 1. The van der Waals surface area contributed by atoms with Crippen molar-refractivity contribution in [2.24, 2.45) is 11.1 Å². The average Bonchev–Trinajstić information content (AvgIpc) is 3.76. The fraction of sp³-hybridized carbons (Fsp3) is 0.550. The second-order valence-electron chi connectivity index (χ2n) is 16.0. The Labute approximate surface area is 320 Å². The van der Waals surface area contributed by atoms with E-state index in [1.165, 1.54) is 16.3 Å². The van der Waals surface area contributed by atoms with E-state index >= 15 is 0 Å². The zero-order valence-corrected chi connectivity index (χ0v) is 32.8. The zero-order chi connectivity index (χ0) is 37.9. The molecule has 14 heteroatoms. The van der Waals surface area contributed by atoms with Crippen LogP contribution in [0.5, 0.6) is 5.75 Å². The molecule has 4 aromatic rings. The van der Waals surface area contributed by atoms with Crippen LogP contribution in [-0.4, -0.2) is 95.7 Å². The fourth-order valence-corrected chi connectivity index (χ4v) is 9.13. The summed E-state index contributed by atoms with van der Waals surface area (Å²) in [7, 11) is 1.72. The number of nitrogens with two attached hydrogens (primary N) is 1. The number of benzene rings is 1. The smallest absolute Gasteiger partial charge is 0.324 e. The first-order valence-electron chi connectivity index (χ1n) is 19.1. The molecule has 7 heterocycles. The molecule has 288 valence electrons. The summed E-state index contributed by atoms with van der Waals surface area (Å²) in [5.41, 5.74) is 16.9. The van der Waals surface area contributed by atoms with Gasteiger partial charge in [-0.1, -0.05) is 13.8 Å². The van der Waals surface area contributed by atoms with Gasteiger partial charge in [-0.25, -0.2) is 10.4 Å². The highest BCUT2D eigenvalue weighted by Gasteiger charge is 2.36. The Hall–Kier alpha value is -4.08. The van der Waals surface area contributed by atoms with Crippen LogP contribution in [0.1, 0.15) is 69.8 Å². The third kappa shape index (κ3) is 6.87. The maximum absolute atomic E-state index is 13.6. The lowest BCUT2D eigenvalue weighted by atomic mass is 9.84. The number of pyridine rings is 1. The number of hydrogen-bond acceptors (Lipinski definition) is 12. The van der Waals surface area contributed by atoms with Gasteiger partial charge in [-0.3, -0.25) is 19.6 Å². The Kier molecular flexibility index (Phi) is 9.92. The van der Waals surface area contributed by atoms with Gasteiger partial charge in [-0.15, -0.1) is 11.3 Å². The van der Waals surface area contributed by atoms with Gasteiger partial charge in [-0.2, -0.15) is 0 Å². The van der Waals surface area contributed by atoms with E-state index in [1.54, 1.807) is 7.11 Å². The second-order valence-corrected chi connectivity index (χ2v) is 17.0. The number of anilines is 1. The van der Waals surface area contributed by atoms with Crippen LogP contribution in [-0.2, 0) is 43.2 Å². The molecule has 0 spiro atoms. The van der Waals surface area contributed by atoms with Crippen LogP contribution in [0, 0.1) is 5.41 Å². The van der Waals surface area contributed by atoms with Crippen molar-refractivity contribution in [3.8, 4) is 28.3 Å². The Bertz CT molecular complexity index is 2080. The van der Waals surface area contributed by atoms with Gasteiger partial charge >= 0.3 is 5.97 Å². The van der Waals surface area contributed by atoms with E-state index in [4.69, 9.17) is 34.6 Å². The Morgan fingerprint density at radius 3 is 2.80 bits per heavy atom. The number of carbonyl (C=O) groups is 2. The third-order valence-electron chi connectivity index (χ3n) is 11.2. The molecule has 0 saturated carbocycles. The SMILES string of the molecule is CO[C@@H](C)c1ncc(N2C[C@H](C)OC[C@H]2C)cc1-c1c2c3cc(cc4c3n1CCO4)-c1csc(n1)C[C@H](N)C(=O)N1CCC[C@H](N1)C(=O)OCC(C)(C)C2. The largest absolute Gasteiger partial charge is 0.489 e. The summed E-state index contributed by atoms with van der Waals surface area (Å²) >= 11 is 1.49. The van der Waals surface area contributed by atoms with Gasteiger partial charge in [0.2, 0.25) is 0 Å². The van der Waals surface area contributed by atoms with Gasteiger partial charge in [-0.05, 0) is 63.8 Å². The summed E-state index contributed by atoms with van der Waals surface area (Å²) < 4.78 is 26.8. The van der Waals surface area contributed by atoms with Gasteiger partial charge in [0.1, 0.15) is 18.4 Å². The molecule has 0 aliphatic carbocycles. The zero-order valence-electron chi connectivity index (χ0n) is 32.0. The molecule has 2 fully saturated rings. The number of morpholine rings is 1. The first kappa shape index (κ1) is 36.9. The maximum Gasteiger partial charge on any atom is 0.324 e. The lowest BCUT2D eigenvalue weighted by molar-refractivity contribution is -0.154. The topological polar surface area (TPSA) is 146 Å². The van der Waals surface area contributed by atoms with E-state index in [-0.39, 0.29) is 43.2 Å². The molecule has 5 atom stereocenters. The molecule has 13 nitrogen and oxygen atoms in total. The number of fused-ring (bicyclic) bond motifs is 6. The molecule has 0 radical (unpaired) electrons. The molecule has 2 saturated heterocycles. The van der Waals surface area contributed by atoms with Crippen LogP contribution >= 0.6 is 11.3 Å². The molecule has 6 bridgehead atoms. The predicted octanol–water partition coefficient (Wildman–Crippen LogP) is 5.03. The molecule has 3 N–H and O–H groups in total. The molecular weight excluding hydrogens is 707 g/mol. The number of rotatable bonds is 4. The van der Waals surface area contributed by atoms with Gasteiger partial charge in [0, 0.05) is 60.0 Å². The van der Waals surface area contributed by atoms with Crippen LogP contribution in [0.15, 0.2) is 29.8 Å². The summed E-state index contributed by atoms with van der Waals surface area (Å²) in [6.07, 6.45) is 3.91. The van der Waals surface area contributed by atoms with Crippen LogP contribution in [0.4, 0.5) is 5.69 Å². The molecule has 3 aromatic heterocycles. The minimum absolute atomic E-state index is 0.0971. The van der Waals surface area contributed by atoms with Crippen molar-refractivity contribution < 1.29 is 28.5 Å². The normalized spacial score (nSPS) is 25.2. The van der Waals surface area contributed by atoms with Crippen LogP contribution in [0.3, 0.4) is 0 Å². The molecule has 54 heavy (non-hydrogen) atoms. The highest BCUT2D eigenvalue weighted by atomic mass is 32.1. The number of ether oxygens (including phenoxy) is 4. The van der Waals surface area contributed by atoms with E-state index in [9.17, 15) is 9.59 Å². The van der Waals surface area contributed by atoms with E-state index in [0.717, 1.165) is 67.7 Å². The fourth-order valence-electron chi connectivity index (χ4n) is 8.27. The van der Waals surface area contributed by atoms with Crippen LogP contribution in [0.2, 0.25) is 0 Å². The first-order chi connectivity index (χ1) is 25.9. The lowest BCUT2D eigenvalue weighted by Crippen LogP contribution is -2.59. The predicted molar refractivity (Wildman–Crippen MR) is 207 cm³/mol. The highest BCUT2D eigenvalue weighted by Crippen LogP contribution is 2.47. The molecule has 0 unspecified atom stereocenters. The number of carbonyl (C=O) groups excluding carboxylic acids is 2. The molecule has 1 aromatic carbocycles. The Morgan fingerprint density at radius 2 is 1.98 bits per heavy atom. The number of esters is 1. The van der Waals surface area contributed by atoms with Crippen molar-refractivity contribution >= 4 is 39.8 Å². The number of hydrazine groups is 1.